The van der Waals surface area contributed by atoms with E-state index in [-0.39, 0.29) is 49.3 Å². The molecule has 2 aromatic rings. The Kier molecular flexibility index (Phi) is 5.65. The van der Waals surface area contributed by atoms with Gasteiger partial charge < -0.3 is 14.4 Å². The third kappa shape index (κ3) is 4.11. The number of ether oxygens (including phenoxy) is 2. The fourth-order valence-electron chi connectivity index (χ4n) is 3.70. The number of benzene rings is 2. The molecule has 2 aliphatic heterocycles. The Labute approximate surface area is 183 Å². The number of halogens is 1. The maximum atomic E-state index is 12.6. The van der Waals surface area contributed by atoms with Crippen molar-refractivity contribution in [3.05, 3.63) is 47.5 Å². The highest BCUT2D eigenvalue weighted by molar-refractivity contribution is 6.31. The van der Waals surface area contributed by atoms with E-state index < -0.39 is 11.9 Å². The van der Waals surface area contributed by atoms with Crippen molar-refractivity contribution in [3.8, 4) is 11.5 Å². The standard InChI is InChI=1S/C22H19ClN2O6/c1-30-18-7-2-14(23)11-17(18)24-12-13(10-21(24)28)22(29)31-16-5-3-15(4-6-16)25-19(26)8-9-20(25)27/h2-7,11,13H,8-10,12H2,1H3/t13-/m1/s1. The summed E-state index contributed by atoms with van der Waals surface area (Å²) in [7, 11) is 1.49. The average molecular weight is 443 g/mol. The number of carbonyl (C=O) groups excluding carboxylic acids is 4. The van der Waals surface area contributed by atoms with Gasteiger partial charge in [0, 0.05) is 30.8 Å². The Morgan fingerprint density at radius 1 is 1.00 bits per heavy atom. The van der Waals surface area contributed by atoms with Gasteiger partial charge in [-0.05, 0) is 42.5 Å². The molecular weight excluding hydrogens is 424 g/mol. The van der Waals surface area contributed by atoms with E-state index in [0.29, 0.717) is 22.1 Å². The molecule has 31 heavy (non-hydrogen) atoms. The van der Waals surface area contributed by atoms with Gasteiger partial charge in [0.25, 0.3) is 0 Å². The van der Waals surface area contributed by atoms with Crippen molar-refractivity contribution in [2.24, 2.45) is 5.92 Å². The molecule has 2 aliphatic rings. The van der Waals surface area contributed by atoms with E-state index in [1.165, 1.54) is 24.1 Å². The highest BCUT2D eigenvalue weighted by Gasteiger charge is 2.37. The van der Waals surface area contributed by atoms with Gasteiger partial charge in [0.2, 0.25) is 17.7 Å². The van der Waals surface area contributed by atoms with E-state index in [9.17, 15) is 19.2 Å². The zero-order chi connectivity index (χ0) is 22.1. The number of rotatable bonds is 5. The molecule has 2 saturated heterocycles. The third-order valence-electron chi connectivity index (χ3n) is 5.25. The van der Waals surface area contributed by atoms with Crippen LogP contribution in [0.1, 0.15) is 19.3 Å². The molecule has 3 amide bonds. The normalized spacial score (nSPS) is 18.6. The van der Waals surface area contributed by atoms with Crippen LogP contribution in [0.25, 0.3) is 0 Å². The van der Waals surface area contributed by atoms with E-state index in [2.05, 4.69) is 0 Å². The van der Waals surface area contributed by atoms with Crippen LogP contribution in [0, 0.1) is 5.92 Å². The summed E-state index contributed by atoms with van der Waals surface area (Å²) < 4.78 is 10.7. The van der Waals surface area contributed by atoms with Gasteiger partial charge in [-0.3, -0.25) is 24.1 Å². The van der Waals surface area contributed by atoms with Crippen molar-refractivity contribution >= 4 is 46.7 Å². The van der Waals surface area contributed by atoms with Gasteiger partial charge in [-0.2, -0.15) is 0 Å². The number of imide groups is 1. The first-order valence-electron chi connectivity index (χ1n) is 9.69. The number of carbonyl (C=O) groups is 4. The van der Waals surface area contributed by atoms with Crippen molar-refractivity contribution in [2.45, 2.75) is 19.3 Å². The summed E-state index contributed by atoms with van der Waals surface area (Å²) in [4.78, 5) is 51.4. The van der Waals surface area contributed by atoms with Crippen LogP contribution in [0.3, 0.4) is 0 Å². The van der Waals surface area contributed by atoms with Crippen molar-refractivity contribution in [1.82, 2.24) is 0 Å². The number of hydrogen-bond acceptors (Lipinski definition) is 6. The molecule has 0 bridgehead atoms. The molecule has 0 unspecified atom stereocenters. The smallest absolute Gasteiger partial charge is 0.316 e. The lowest BCUT2D eigenvalue weighted by Gasteiger charge is -2.19. The Hall–Kier alpha value is -3.39. The van der Waals surface area contributed by atoms with Gasteiger partial charge in [0.05, 0.1) is 24.4 Å². The lowest BCUT2D eigenvalue weighted by atomic mass is 10.1. The molecule has 1 atom stereocenters. The SMILES string of the molecule is COc1ccc(Cl)cc1N1C[C@H](C(=O)Oc2ccc(N3C(=O)CCC3=O)cc2)CC1=O. The summed E-state index contributed by atoms with van der Waals surface area (Å²) in [6.45, 7) is 0.142. The van der Waals surface area contributed by atoms with Crippen LogP contribution in [0.4, 0.5) is 11.4 Å². The molecule has 0 radical (unpaired) electrons. The van der Waals surface area contributed by atoms with Crippen molar-refractivity contribution in [1.29, 1.82) is 0 Å². The molecule has 0 aromatic heterocycles. The van der Waals surface area contributed by atoms with Gasteiger partial charge in [-0.1, -0.05) is 11.6 Å². The number of methoxy groups -OCH3 is 1. The molecule has 0 N–H and O–H groups in total. The Morgan fingerprint density at radius 3 is 2.32 bits per heavy atom. The number of anilines is 2. The summed E-state index contributed by atoms with van der Waals surface area (Å²) in [5.74, 6) is -1.20. The first-order valence-corrected chi connectivity index (χ1v) is 10.1. The lowest BCUT2D eigenvalue weighted by molar-refractivity contribution is -0.139. The zero-order valence-electron chi connectivity index (χ0n) is 16.7. The van der Waals surface area contributed by atoms with E-state index >= 15 is 0 Å². The predicted molar refractivity (Wildman–Crippen MR) is 112 cm³/mol. The van der Waals surface area contributed by atoms with Crippen LogP contribution in [0.2, 0.25) is 5.02 Å². The Morgan fingerprint density at radius 2 is 1.68 bits per heavy atom. The second-order valence-corrected chi connectivity index (χ2v) is 7.70. The van der Waals surface area contributed by atoms with Gasteiger partial charge in [-0.25, -0.2) is 0 Å². The predicted octanol–water partition coefficient (Wildman–Crippen LogP) is 2.96. The summed E-state index contributed by atoms with van der Waals surface area (Å²) in [6.07, 6.45) is 0.391. The van der Waals surface area contributed by atoms with Gasteiger partial charge >= 0.3 is 5.97 Å². The fraction of sp³-hybridized carbons (Fsp3) is 0.273. The largest absolute Gasteiger partial charge is 0.495 e. The third-order valence-corrected chi connectivity index (χ3v) is 5.49. The maximum absolute atomic E-state index is 12.6. The lowest BCUT2D eigenvalue weighted by Crippen LogP contribution is -2.28. The molecule has 0 saturated carbocycles. The molecule has 8 nitrogen and oxygen atoms in total. The number of amides is 3. The summed E-state index contributed by atoms with van der Waals surface area (Å²) >= 11 is 6.05. The van der Waals surface area contributed by atoms with Crippen molar-refractivity contribution in [2.75, 3.05) is 23.5 Å². The molecule has 2 fully saturated rings. The van der Waals surface area contributed by atoms with E-state index in [4.69, 9.17) is 21.1 Å². The molecule has 9 heteroatoms. The van der Waals surface area contributed by atoms with Crippen molar-refractivity contribution < 1.29 is 28.7 Å². The first-order chi connectivity index (χ1) is 14.9. The molecule has 0 aliphatic carbocycles. The Bertz CT molecular complexity index is 1050. The van der Waals surface area contributed by atoms with E-state index in [0.717, 1.165) is 4.90 Å². The summed E-state index contributed by atoms with van der Waals surface area (Å²) in [5.41, 5.74) is 0.933. The van der Waals surface area contributed by atoms with Crippen LogP contribution in [-0.2, 0) is 19.2 Å². The van der Waals surface area contributed by atoms with Crippen LogP contribution in [-0.4, -0.2) is 37.3 Å². The first kappa shape index (κ1) is 20.9. The van der Waals surface area contributed by atoms with Crippen molar-refractivity contribution in [3.63, 3.8) is 0 Å². The van der Waals surface area contributed by atoms with E-state index in [1.54, 1.807) is 30.3 Å². The number of esters is 1. The summed E-state index contributed by atoms with van der Waals surface area (Å²) in [6, 6.07) is 11.1. The van der Waals surface area contributed by atoms with Crippen LogP contribution >= 0.6 is 11.6 Å². The Balaban J connectivity index is 1.44. The van der Waals surface area contributed by atoms with Crippen LogP contribution in [0.15, 0.2) is 42.5 Å². The molecule has 2 aromatic carbocycles. The van der Waals surface area contributed by atoms with Gasteiger partial charge in [0.1, 0.15) is 11.5 Å². The zero-order valence-corrected chi connectivity index (χ0v) is 17.4. The van der Waals surface area contributed by atoms with Crippen LogP contribution in [0.5, 0.6) is 11.5 Å². The maximum Gasteiger partial charge on any atom is 0.316 e. The second-order valence-electron chi connectivity index (χ2n) is 7.26. The molecule has 160 valence electrons. The number of hydrogen-bond donors (Lipinski definition) is 0. The fourth-order valence-corrected chi connectivity index (χ4v) is 3.87. The minimum absolute atomic E-state index is 0.00334. The van der Waals surface area contributed by atoms with Gasteiger partial charge in [-0.15, -0.1) is 0 Å². The summed E-state index contributed by atoms with van der Waals surface area (Å²) in [5, 5.41) is 0.449. The second kappa shape index (κ2) is 8.39. The molecule has 2 heterocycles. The minimum Gasteiger partial charge on any atom is -0.495 e. The monoisotopic (exact) mass is 442 g/mol. The highest BCUT2D eigenvalue weighted by atomic mass is 35.5. The molecular formula is C22H19ClN2O6. The quantitative estimate of drug-likeness (QED) is 0.401. The van der Waals surface area contributed by atoms with Crippen LogP contribution < -0.4 is 19.3 Å². The average Bonchev–Trinajstić information content (AvgIpc) is 3.30. The van der Waals surface area contributed by atoms with Gasteiger partial charge in [0.15, 0.2) is 0 Å². The topological polar surface area (TPSA) is 93.2 Å². The highest BCUT2D eigenvalue weighted by Crippen LogP contribution is 2.35. The molecule has 0 spiro atoms. The molecule has 4 rings (SSSR count). The minimum atomic E-state index is -0.655. The number of nitrogens with zero attached hydrogens (tertiary/aromatic N) is 2. The van der Waals surface area contributed by atoms with E-state index in [1.807, 2.05) is 0 Å².